The molecule has 3 unspecified atom stereocenters. The normalized spacial score (nSPS) is 28.7. The molecule has 0 amide bonds. The molecule has 2 heteroatoms. The molecule has 0 aliphatic heterocycles. The molecule has 0 bridgehead atoms. The standard InChI is InChI=1S/C13H24N2/c1-4-7-11(2)15(3)13-9-6-5-8-12(13)10-14/h11-13H,4-9H2,1-3H3. The molecule has 1 aliphatic rings. The number of hydrogen-bond acceptors (Lipinski definition) is 2. The van der Waals surface area contributed by atoms with Gasteiger partial charge >= 0.3 is 0 Å². The summed E-state index contributed by atoms with van der Waals surface area (Å²) in [6, 6.07) is 3.61. The van der Waals surface area contributed by atoms with Crippen LogP contribution < -0.4 is 0 Å². The lowest BCUT2D eigenvalue weighted by Gasteiger charge is -2.38. The van der Waals surface area contributed by atoms with Crippen molar-refractivity contribution in [3.63, 3.8) is 0 Å². The van der Waals surface area contributed by atoms with Gasteiger partial charge in [-0.3, -0.25) is 4.90 Å². The monoisotopic (exact) mass is 208 g/mol. The maximum Gasteiger partial charge on any atom is 0.0672 e. The second kappa shape index (κ2) is 6.12. The summed E-state index contributed by atoms with van der Waals surface area (Å²) in [5.41, 5.74) is 0. The fraction of sp³-hybridized carbons (Fsp3) is 0.923. The Hall–Kier alpha value is -0.550. The molecule has 86 valence electrons. The Balaban J connectivity index is 2.55. The summed E-state index contributed by atoms with van der Waals surface area (Å²) in [7, 11) is 2.20. The van der Waals surface area contributed by atoms with Gasteiger partial charge in [0.15, 0.2) is 0 Å². The second-order valence-corrected chi connectivity index (χ2v) is 4.89. The minimum atomic E-state index is 0.267. The molecule has 1 saturated carbocycles. The fourth-order valence-electron chi connectivity index (χ4n) is 2.70. The van der Waals surface area contributed by atoms with E-state index in [4.69, 9.17) is 5.26 Å². The predicted molar refractivity (Wildman–Crippen MR) is 63.5 cm³/mol. The van der Waals surface area contributed by atoms with Crippen molar-refractivity contribution in [1.82, 2.24) is 4.90 Å². The molecule has 1 rings (SSSR count). The molecule has 1 fully saturated rings. The van der Waals surface area contributed by atoms with Gasteiger partial charge in [-0.25, -0.2) is 0 Å². The topological polar surface area (TPSA) is 27.0 Å². The molecule has 0 N–H and O–H groups in total. The van der Waals surface area contributed by atoms with Crippen molar-refractivity contribution in [2.24, 2.45) is 5.92 Å². The summed E-state index contributed by atoms with van der Waals surface area (Å²) in [6.45, 7) is 4.51. The molecule has 0 aromatic rings. The Bertz CT molecular complexity index is 219. The van der Waals surface area contributed by atoms with E-state index in [0.29, 0.717) is 12.1 Å². The molecule has 0 aromatic carbocycles. The van der Waals surface area contributed by atoms with Crippen molar-refractivity contribution in [3.05, 3.63) is 0 Å². The maximum atomic E-state index is 9.15. The van der Waals surface area contributed by atoms with E-state index < -0.39 is 0 Å². The van der Waals surface area contributed by atoms with E-state index in [2.05, 4.69) is 31.9 Å². The van der Waals surface area contributed by atoms with Crippen molar-refractivity contribution in [2.45, 2.75) is 64.5 Å². The zero-order valence-corrected chi connectivity index (χ0v) is 10.4. The van der Waals surface area contributed by atoms with Crippen molar-refractivity contribution < 1.29 is 0 Å². The van der Waals surface area contributed by atoms with Crippen molar-refractivity contribution in [3.8, 4) is 6.07 Å². The first-order chi connectivity index (χ1) is 7.20. The third-order valence-electron chi connectivity index (χ3n) is 3.82. The number of hydrogen-bond donors (Lipinski definition) is 0. The first-order valence-electron chi connectivity index (χ1n) is 6.32. The van der Waals surface area contributed by atoms with Gasteiger partial charge in [-0.1, -0.05) is 26.2 Å². The first-order valence-corrected chi connectivity index (χ1v) is 6.32. The average Bonchev–Trinajstić information content (AvgIpc) is 2.28. The molecule has 0 aromatic heterocycles. The van der Waals surface area contributed by atoms with Crippen LogP contribution >= 0.6 is 0 Å². The highest BCUT2D eigenvalue weighted by Gasteiger charge is 2.29. The van der Waals surface area contributed by atoms with Gasteiger partial charge in [-0.15, -0.1) is 0 Å². The average molecular weight is 208 g/mol. The van der Waals surface area contributed by atoms with Gasteiger partial charge in [-0.2, -0.15) is 5.26 Å². The van der Waals surface area contributed by atoms with E-state index in [-0.39, 0.29) is 5.92 Å². The molecule has 0 radical (unpaired) electrons. The Labute approximate surface area is 94.3 Å². The van der Waals surface area contributed by atoms with E-state index in [1.54, 1.807) is 0 Å². The van der Waals surface area contributed by atoms with Gasteiger partial charge in [0.25, 0.3) is 0 Å². The van der Waals surface area contributed by atoms with E-state index in [9.17, 15) is 0 Å². The van der Waals surface area contributed by atoms with Crippen LogP contribution in [0.15, 0.2) is 0 Å². The molecule has 15 heavy (non-hydrogen) atoms. The summed E-state index contributed by atoms with van der Waals surface area (Å²) in [5.74, 6) is 0.267. The zero-order chi connectivity index (χ0) is 11.3. The van der Waals surface area contributed by atoms with Crippen molar-refractivity contribution in [2.75, 3.05) is 7.05 Å². The van der Waals surface area contributed by atoms with Gasteiger partial charge in [0.2, 0.25) is 0 Å². The molecule has 0 spiro atoms. The van der Waals surface area contributed by atoms with Crippen LogP contribution in [0.4, 0.5) is 0 Å². The Morgan fingerprint density at radius 3 is 2.67 bits per heavy atom. The third-order valence-corrected chi connectivity index (χ3v) is 3.82. The van der Waals surface area contributed by atoms with Crippen molar-refractivity contribution in [1.29, 1.82) is 5.26 Å². The van der Waals surface area contributed by atoms with Crippen LogP contribution in [0.1, 0.15) is 52.4 Å². The molecule has 3 atom stereocenters. The zero-order valence-electron chi connectivity index (χ0n) is 10.4. The number of nitriles is 1. The van der Waals surface area contributed by atoms with Gasteiger partial charge in [-0.05, 0) is 33.2 Å². The van der Waals surface area contributed by atoms with Gasteiger partial charge in [0.1, 0.15) is 0 Å². The molecule has 1 aliphatic carbocycles. The number of rotatable bonds is 4. The van der Waals surface area contributed by atoms with E-state index in [1.807, 2.05) is 0 Å². The third kappa shape index (κ3) is 3.21. The molecular weight excluding hydrogens is 184 g/mol. The van der Waals surface area contributed by atoms with Crippen LogP contribution in [0.2, 0.25) is 0 Å². The summed E-state index contributed by atoms with van der Waals surface area (Å²) in [4.78, 5) is 2.44. The second-order valence-electron chi connectivity index (χ2n) is 4.89. The number of nitrogens with zero attached hydrogens (tertiary/aromatic N) is 2. The van der Waals surface area contributed by atoms with Gasteiger partial charge < -0.3 is 0 Å². The molecule has 0 heterocycles. The van der Waals surface area contributed by atoms with E-state index in [1.165, 1.54) is 32.1 Å². The SMILES string of the molecule is CCCC(C)N(C)C1CCCCC1C#N. The van der Waals surface area contributed by atoms with Crippen LogP contribution in [-0.4, -0.2) is 24.0 Å². The summed E-state index contributed by atoms with van der Waals surface area (Å²) < 4.78 is 0. The lowest BCUT2D eigenvalue weighted by atomic mass is 9.84. The van der Waals surface area contributed by atoms with Crippen LogP contribution in [0.25, 0.3) is 0 Å². The Morgan fingerprint density at radius 1 is 1.40 bits per heavy atom. The lowest BCUT2D eigenvalue weighted by molar-refractivity contribution is 0.113. The summed E-state index contributed by atoms with van der Waals surface area (Å²) >= 11 is 0. The molecular formula is C13H24N2. The van der Waals surface area contributed by atoms with E-state index >= 15 is 0 Å². The highest BCUT2D eigenvalue weighted by atomic mass is 15.2. The molecule has 0 saturated heterocycles. The quantitative estimate of drug-likeness (QED) is 0.709. The van der Waals surface area contributed by atoms with Crippen LogP contribution in [0, 0.1) is 17.2 Å². The molecule has 2 nitrogen and oxygen atoms in total. The maximum absolute atomic E-state index is 9.15. The summed E-state index contributed by atoms with van der Waals surface area (Å²) in [5, 5.41) is 9.15. The van der Waals surface area contributed by atoms with Gasteiger partial charge in [0.05, 0.1) is 12.0 Å². The highest BCUT2D eigenvalue weighted by Crippen LogP contribution is 2.28. The van der Waals surface area contributed by atoms with Crippen LogP contribution in [-0.2, 0) is 0 Å². The van der Waals surface area contributed by atoms with Gasteiger partial charge in [0, 0.05) is 12.1 Å². The largest absolute Gasteiger partial charge is 0.299 e. The Morgan fingerprint density at radius 2 is 2.07 bits per heavy atom. The van der Waals surface area contributed by atoms with Crippen LogP contribution in [0.5, 0.6) is 0 Å². The predicted octanol–water partition coefficient (Wildman–Crippen LogP) is 3.19. The van der Waals surface area contributed by atoms with Crippen LogP contribution in [0.3, 0.4) is 0 Å². The summed E-state index contributed by atoms with van der Waals surface area (Å²) in [6.07, 6.45) is 7.32. The van der Waals surface area contributed by atoms with Crippen molar-refractivity contribution >= 4 is 0 Å². The lowest BCUT2D eigenvalue weighted by Crippen LogP contribution is -2.44. The Kier molecular flexibility index (Phi) is 5.11. The first kappa shape index (κ1) is 12.5. The van der Waals surface area contributed by atoms with E-state index in [0.717, 1.165) is 6.42 Å². The smallest absolute Gasteiger partial charge is 0.0672 e. The fourth-order valence-corrected chi connectivity index (χ4v) is 2.70. The minimum Gasteiger partial charge on any atom is -0.299 e. The minimum absolute atomic E-state index is 0.267. The highest BCUT2D eigenvalue weighted by molar-refractivity contribution is 4.95.